The molecule has 0 unspecified atom stereocenters. The van der Waals surface area contributed by atoms with E-state index < -0.39 is 5.97 Å². The molecule has 0 aliphatic heterocycles. The van der Waals surface area contributed by atoms with Crippen LogP contribution in [0.4, 0.5) is 5.69 Å². The van der Waals surface area contributed by atoms with Crippen LogP contribution in [0.3, 0.4) is 0 Å². The van der Waals surface area contributed by atoms with Crippen molar-refractivity contribution >= 4 is 17.6 Å². The van der Waals surface area contributed by atoms with Crippen LogP contribution in [0.25, 0.3) is 0 Å². The SMILES string of the molecule is CCOC(=O)c1ccccc1NC(=O)C[n+]1ccc(CC)cc1. The molecule has 1 N–H and O–H groups in total. The summed E-state index contributed by atoms with van der Waals surface area (Å²) in [6.45, 7) is 4.30. The molecule has 0 radical (unpaired) electrons. The average Bonchev–Trinajstić information content (AvgIpc) is 2.56. The molecular formula is C18H21N2O3+. The highest BCUT2D eigenvalue weighted by atomic mass is 16.5. The number of aryl methyl sites for hydroxylation is 1. The fourth-order valence-electron chi connectivity index (χ4n) is 2.16. The van der Waals surface area contributed by atoms with E-state index in [2.05, 4.69) is 12.2 Å². The molecule has 0 aliphatic carbocycles. The summed E-state index contributed by atoms with van der Waals surface area (Å²) in [6, 6.07) is 10.8. The molecule has 1 amide bonds. The van der Waals surface area contributed by atoms with Crippen molar-refractivity contribution in [3.8, 4) is 0 Å². The summed E-state index contributed by atoms with van der Waals surface area (Å²) in [5.74, 6) is -0.639. The number of esters is 1. The maximum Gasteiger partial charge on any atom is 0.340 e. The molecule has 5 nitrogen and oxygen atoms in total. The minimum Gasteiger partial charge on any atom is -0.462 e. The molecule has 5 heteroatoms. The maximum absolute atomic E-state index is 12.2. The second-order valence-corrected chi connectivity index (χ2v) is 5.05. The Balaban J connectivity index is 2.06. The van der Waals surface area contributed by atoms with E-state index in [1.165, 1.54) is 5.56 Å². The van der Waals surface area contributed by atoms with Gasteiger partial charge in [0.1, 0.15) is 0 Å². The molecule has 2 rings (SSSR count). The summed E-state index contributed by atoms with van der Waals surface area (Å²) in [7, 11) is 0. The molecule has 0 aliphatic rings. The van der Waals surface area contributed by atoms with E-state index in [4.69, 9.17) is 4.74 Å². The summed E-state index contributed by atoms with van der Waals surface area (Å²) in [6.07, 6.45) is 4.70. The van der Waals surface area contributed by atoms with Gasteiger partial charge in [0, 0.05) is 12.1 Å². The number of para-hydroxylation sites is 1. The summed E-state index contributed by atoms with van der Waals surface area (Å²) in [5.41, 5.74) is 2.03. The molecule has 1 aromatic carbocycles. The Morgan fingerprint density at radius 3 is 2.43 bits per heavy atom. The fourth-order valence-corrected chi connectivity index (χ4v) is 2.16. The minimum atomic E-state index is -0.441. The van der Waals surface area contributed by atoms with Crippen LogP contribution in [0.5, 0.6) is 0 Å². The van der Waals surface area contributed by atoms with E-state index in [1.807, 2.05) is 24.5 Å². The highest BCUT2D eigenvalue weighted by Crippen LogP contribution is 2.16. The van der Waals surface area contributed by atoms with Crippen molar-refractivity contribution in [1.29, 1.82) is 0 Å². The van der Waals surface area contributed by atoms with Gasteiger partial charge in [0.2, 0.25) is 6.54 Å². The van der Waals surface area contributed by atoms with E-state index in [1.54, 1.807) is 35.8 Å². The number of ether oxygens (including phenoxy) is 1. The van der Waals surface area contributed by atoms with Crippen LogP contribution in [0.2, 0.25) is 0 Å². The number of anilines is 1. The number of nitrogens with zero attached hydrogens (tertiary/aromatic N) is 1. The van der Waals surface area contributed by atoms with Crippen LogP contribution in [0, 0.1) is 0 Å². The highest BCUT2D eigenvalue weighted by molar-refractivity contribution is 6.00. The Labute approximate surface area is 135 Å². The first-order chi connectivity index (χ1) is 11.1. The first kappa shape index (κ1) is 16.7. The monoisotopic (exact) mass is 313 g/mol. The fraction of sp³-hybridized carbons (Fsp3) is 0.278. The zero-order valence-electron chi connectivity index (χ0n) is 13.4. The van der Waals surface area contributed by atoms with Gasteiger partial charge in [-0.25, -0.2) is 4.79 Å². The van der Waals surface area contributed by atoms with Crippen molar-refractivity contribution in [2.75, 3.05) is 11.9 Å². The first-order valence-corrected chi connectivity index (χ1v) is 7.68. The number of nitrogens with one attached hydrogen (secondary N) is 1. The first-order valence-electron chi connectivity index (χ1n) is 7.68. The predicted octanol–water partition coefficient (Wildman–Crippen LogP) is 2.35. The average molecular weight is 313 g/mol. The third kappa shape index (κ3) is 4.64. The van der Waals surface area contributed by atoms with E-state index in [0.717, 1.165) is 6.42 Å². The Kier molecular flexibility index (Phi) is 5.86. The van der Waals surface area contributed by atoms with Gasteiger partial charge in [0.15, 0.2) is 12.4 Å². The number of benzene rings is 1. The van der Waals surface area contributed by atoms with Gasteiger partial charge in [-0.2, -0.15) is 4.57 Å². The van der Waals surface area contributed by atoms with Crippen molar-refractivity contribution in [3.63, 3.8) is 0 Å². The number of rotatable bonds is 6. The van der Waals surface area contributed by atoms with Crippen molar-refractivity contribution in [1.82, 2.24) is 0 Å². The standard InChI is InChI=1S/C18H20N2O3/c1-3-14-9-11-20(12-10-14)13-17(21)19-16-8-6-5-7-15(16)18(22)23-4-2/h5-12H,3-4,13H2,1-2H3/p+1. The molecular weight excluding hydrogens is 292 g/mol. The molecule has 23 heavy (non-hydrogen) atoms. The molecule has 0 saturated heterocycles. The third-order valence-electron chi connectivity index (χ3n) is 3.39. The molecule has 2 aromatic rings. The highest BCUT2D eigenvalue weighted by Gasteiger charge is 2.15. The number of hydrogen-bond donors (Lipinski definition) is 1. The van der Waals surface area contributed by atoms with Crippen LogP contribution < -0.4 is 9.88 Å². The van der Waals surface area contributed by atoms with Gasteiger partial charge in [0.25, 0.3) is 5.91 Å². The van der Waals surface area contributed by atoms with Gasteiger partial charge >= 0.3 is 5.97 Å². The number of pyridine rings is 1. The molecule has 1 heterocycles. The topological polar surface area (TPSA) is 59.3 Å². The van der Waals surface area contributed by atoms with Crippen molar-refractivity contribution in [2.24, 2.45) is 0 Å². The smallest absolute Gasteiger partial charge is 0.340 e. The van der Waals surface area contributed by atoms with Crippen molar-refractivity contribution in [3.05, 3.63) is 59.9 Å². The lowest BCUT2D eigenvalue weighted by Crippen LogP contribution is -2.39. The molecule has 0 spiro atoms. The Morgan fingerprint density at radius 2 is 1.78 bits per heavy atom. The zero-order chi connectivity index (χ0) is 16.7. The lowest BCUT2D eigenvalue weighted by molar-refractivity contribution is -0.684. The van der Waals surface area contributed by atoms with Gasteiger partial charge in [-0.05, 0) is 31.0 Å². The maximum atomic E-state index is 12.2. The second-order valence-electron chi connectivity index (χ2n) is 5.05. The van der Waals surface area contributed by atoms with Crippen molar-refractivity contribution < 1.29 is 18.9 Å². The number of carbonyl (C=O) groups is 2. The van der Waals surface area contributed by atoms with Gasteiger partial charge in [-0.1, -0.05) is 19.1 Å². The third-order valence-corrected chi connectivity index (χ3v) is 3.39. The Hall–Kier alpha value is -2.69. The Morgan fingerprint density at radius 1 is 1.09 bits per heavy atom. The number of carbonyl (C=O) groups excluding carboxylic acids is 2. The molecule has 0 bridgehead atoms. The lowest BCUT2D eigenvalue weighted by Gasteiger charge is -2.09. The number of hydrogen-bond acceptors (Lipinski definition) is 3. The Bertz CT molecular complexity index is 681. The zero-order valence-corrected chi connectivity index (χ0v) is 13.4. The quantitative estimate of drug-likeness (QED) is 0.658. The van der Waals surface area contributed by atoms with E-state index in [0.29, 0.717) is 17.9 Å². The van der Waals surface area contributed by atoms with Crippen molar-refractivity contribution in [2.45, 2.75) is 26.8 Å². The van der Waals surface area contributed by atoms with Crippen LogP contribution >= 0.6 is 0 Å². The summed E-state index contributed by atoms with van der Waals surface area (Å²) in [5, 5.41) is 2.77. The summed E-state index contributed by atoms with van der Waals surface area (Å²) < 4.78 is 6.79. The van der Waals surface area contributed by atoms with Gasteiger partial charge in [-0.3, -0.25) is 4.79 Å². The molecule has 0 fully saturated rings. The lowest BCUT2D eigenvalue weighted by atomic mass is 10.2. The van der Waals surface area contributed by atoms with Gasteiger partial charge in [-0.15, -0.1) is 0 Å². The van der Waals surface area contributed by atoms with E-state index in [-0.39, 0.29) is 12.5 Å². The number of aromatic nitrogens is 1. The normalized spacial score (nSPS) is 10.2. The number of amides is 1. The predicted molar refractivity (Wildman–Crippen MR) is 87.0 cm³/mol. The van der Waals surface area contributed by atoms with Crippen LogP contribution in [0.1, 0.15) is 29.8 Å². The molecule has 120 valence electrons. The van der Waals surface area contributed by atoms with E-state index in [9.17, 15) is 9.59 Å². The summed E-state index contributed by atoms with van der Waals surface area (Å²) in [4.78, 5) is 24.1. The summed E-state index contributed by atoms with van der Waals surface area (Å²) >= 11 is 0. The minimum absolute atomic E-state index is 0.182. The van der Waals surface area contributed by atoms with Gasteiger partial charge in [0.05, 0.1) is 17.9 Å². The van der Waals surface area contributed by atoms with E-state index >= 15 is 0 Å². The largest absolute Gasteiger partial charge is 0.462 e. The molecule has 0 atom stereocenters. The molecule has 1 aromatic heterocycles. The van der Waals surface area contributed by atoms with Gasteiger partial charge < -0.3 is 10.1 Å². The van der Waals surface area contributed by atoms with Crippen LogP contribution in [-0.4, -0.2) is 18.5 Å². The van der Waals surface area contributed by atoms with Crippen LogP contribution in [-0.2, 0) is 22.5 Å². The second kappa shape index (κ2) is 8.08. The van der Waals surface area contributed by atoms with Crippen LogP contribution in [0.15, 0.2) is 48.8 Å². The molecule has 0 saturated carbocycles.